The molecule has 0 bridgehead atoms. The first-order valence-electron chi connectivity index (χ1n) is 10.3. The molecule has 3 heterocycles. The molecule has 2 aromatic heterocycles. The number of para-hydroxylation sites is 1. The van der Waals surface area contributed by atoms with Gasteiger partial charge in [-0.05, 0) is 50.3 Å². The molecule has 158 valence electrons. The molecular formula is C22H26N4O2S2. The molecule has 0 saturated carbocycles. The zero-order valence-corrected chi connectivity index (χ0v) is 18.9. The molecule has 8 heteroatoms. The molecule has 0 N–H and O–H groups in total. The van der Waals surface area contributed by atoms with Gasteiger partial charge in [-0.2, -0.15) is 0 Å². The molecule has 4 rings (SSSR count). The number of nitrogens with zero attached hydrogens (tertiary/aromatic N) is 4. The lowest BCUT2D eigenvalue weighted by Gasteiger charge is -2.24. The number of amides is 1. The topological polar surface area (TPSA) is 60.2 Å². The van der Waals surface area contributed by atoms with Crippen LogP contribution < -0.4 is 4.90 Å². The van der Waals surface area contributed by atoms with E-state index in [0.717, 1.165) is 41.0 Å². The van der Waals surface area contributed by atoms with E-state index >= 15 is 0 Å². The summed E-state index contributed by atoms with van der Waals surface area (Å²) in [5.41, 5.74) is 0.914. The van der Waals surface area contributed by atoms with Crippen molar-refractivity contribution in [2.45, 2.75) is 49.7 Å². The van der Waals surface area contributed by atoms with E-state index in [4.69, 9.17) is 4.74 Å². The molecule has 2 unspecified atom stereocenters. The highest BCUT2D eigenvalue weighted by atomic mass is 32.2. The Hall–Kier alpha value is -2.16. The number of thioether (sulfide) groups is 1. The number of thiophene rings is 1. The summed E-state index contributed by atoms with van der Waals surface area (Å²) < 4.78 is 7.98. The van der Waals surface area contributed by atoms with E-state index < -0.39 is 0 Å². The molecule has 0 radical (unpaired) electrons. The zero-order chi connectivity index (χ0) is 20.9. The summed E-state index contributed by atoms with van der Waals surface area (Å²) in [6.07, 6.45) is 2.29. The maximum absolute atomic E-state index is 13.2. The van der Waals surface area contributed by atoms with Crippen LogP contribution in [-0.4, -0.2) is 45.2 Å². The molecule has 30 heavy (non-hydrogen) atoms. The lowest BCUT2D eigenvalue weighted by Crippen LogP contribution is -2.36. The number of rotatable bonds is 8. The molecule has 2 atom stereocenters. The van der Waals surface area contributed by atoms with Crippen LogP contribution in [0.25, 0.3) is 10.7 Å². The predicted molar refractivity (Wildman–Crippen MR) is 122 cm³/mol. The molecule has 1 aliphatic rings. The Bertz CT molecular complexity index is 953. The third kappa shape index (κ3) is 4.61. The molecule has 1 aliphatic heterocycles. The quantitative estimate of drug-likeness (QED) is 0.473. The van der Waals surface area contributed by atoms with Crippen LogP contribution >= 0.6 is 23.1 Å². The first-order valence-corrected chi connectivity index (χ1v) is 12.0. The highest BCUT2D eigenvalue weighted by Crippen LogP contribution is 2.31. The molecular weight excluding hydrogens is 416 g/mol. The summed E-state index contributed by atoms with van der Waals surface area (Å²) in [4.78, 5) is 16.1. The second-order valence-electron chi connectivity index (χ2n) is 7.21. The van der Waals surface area contributed by atoms with Crippen molar-refractivity contribution >= 4 is 34.7 Å². The number of hydrogen-bond donors (Lipinski definition) is 0. The van der Waals surface area contributed by atoms with Crippen molar-refractivity contribution in [2.75, 3.05) is 18.1 Å². The number of hydrogen-bond acceptors (Lipinski definition) is 6. The van der Waals surface area contributed by atoms with Crippen LogP contribution in [0.15, 0.2) is 53.0 Å². The van der Waals surface area contributed by atoms with E-state index in [2.05, 4.69) is 20.8 Å². The predicted octanol–water partition coefficient (Wildman–Crippen LogP) is 4.72. The van der Waals surface area contributed by atoms with Gasteiger partial charge in [-0.3, -0.25) is 9.36 Å². The van der Waals surface area contributed by atoms with Gasteiger partial charge in [-0.1, -0.05) is 36.0 Å². The Kier molecular flexibility index (Phi) is 6.86. The largest absolute Gasteiger partial charge is 0.376 e. The number of benzene rings is 1. The summed E-state index contributed by atoms with van der Waals surface area (Å²) in [5, 5.41) is 11.4. The number of carbonyl (C=O) groups excluding carboxylic acids is 1. The normalized spacial score (nSPS) is 17.2. The van der Waals surface area contributed by atoms with Crippen LogP contribution in [0.2, 0.25) is 0 Å². The molecule has 1 fully saturated rings. The van der Waals surface area contributed by atoms with Crippen LogP contribution in [0.5, 0.6) is 0 Å². The van der Waals surface area contributed by atoms with Gasteiger partial charge in [0.05, 0.1) is 22.8 Å². The number of ether oxygens (including phenoxy) is 1. The smallest absolute Gasteiger partial charge is 0.240 e. The van der Waals surface area contributed by atoms with Crippen LogP contribution in [0.3, 0.4) is 0 Å². The molecule has 1 amide bonds. The summed E-state index contributed by atoms with van der Waals surface area (Å²) in [7, 11) is 0. The van der Waals surface area contributed by atoms with Gasteiger partial charge in [0.25, 0.3) is 0 Å². The highest BCUT2D eigenvalue weighted by molar-refractivity contribution is 8.00. The van der Waals surface area contributed by atoms with Gasteiger partial charge < -0.3 is 9.64 Å². The lowest BCUT2D eigenvalue weighted by molar-refractivity contribution is -0.117. The van der Waals surface area contributed by atoms with E-state index in [1.807, 2.05) is 60.5 Å². The fraction of sp³-hybridized carbons (Fsp3) is 0.409. The summed E-state index contributed by atoms with van der Waals surface area (Å²) >= 11 is 3.11. The number of carbonyl (C=O) groups is 1. The van der Waals surface area contributed by atoms with Crippen LogP contribution in [0.4, 0.5) is 5.69 Å². The second-order valence-corrected chi connectivity index (χ2v) is 9.46. The van der Waals surface area contributed by atoms with Gasteiger partial charge in [0.1, 0.15) is 0 Å². The van der Waals surface area contributed by atoms with E-state index in [1.165, 1.54) is 11.8 Å². The summed E-state index contributed by atoms with van der Waals surface area (Å²) in [6.45, 7) is 6.07. The first kappa shape index (κ1) is 21.1. The van der Waals surface area contributed by atoms with Crippen molar-refractivity contribution in [3.63, 3.8) is 0 Å². The van der Waals surface area contributed by atoms with Gasteiger partial charge in [0, 0.05) is 18.8 Å². The maximum atomic E-state index is 13.2. The summed E-state index contributed by atoms with van der Waals surface area (Å²) in [6, 6.07) is 13.9. The summed E-state index contributed by atoms with van der Waals surface area (Å²) in [5.74, 6) is 0.913. The number of aromatic nitrogens is 3. The van der Waals surface area contributed by atoms with Crippen molar-refractivity contribution in [1.29, 1.82) is 0 Å². The Morgan fingerprint density at radius 1 is 1.30 bits per heavy atom. The third-order valence-corrected chi connectivity index (χ3v) is 7.08. The fourth-order valence-electron chi connectivity index (χ4n) is 3.62. The van der Waals surface area contributed by atoms with E-state index in [-0.39, 0.29) is 17.3 Å². The monoisotopic (exact) mass is 442 g/mol. The van der Waals surface area contributed by atoms with E-state index in [9.17, 15) is 4.79 Å². The highest BCUT2D eigenvalue weighted by Gasteiger charge is 2.27. The van der Waals surface area contributed by atoms with Crippen molar-refractivity contribution in [3.05, 3.63) is 47.8 Å². The van der Waals surface area contributed by atoms with Crippen molar-refractivity contribution < 1.29 is 9.53 Å². The zero-order valence-electron chi connectivity index (χ0n) is 17.2. The van der Waals surface area contributed by atoms with Gasteiger partial charge in [-0.15, -0.1) is 21.5 Å². The minimum Gasteiger partial charge on any atom is -0.376 e. The van der Waals surface area contributed by atoms with Crippen molar-refractivity contribution in [3.8, 4) is 10.7 Å². The standard InChI is InChI=1S/C22H26N4O2S2/c1-3-25(17-9-5-4-6-10-17)21(27)16(2)30-22-24-23-20(19-12-8-14-29-19)26(22)15-18-11-7-13-28-18/h4-6,8-10,12,14,16,18H,3,7,11,13,15H2,1-2H3. The fourth-order valence-corrected chi connectivity index (χ4v) is 5.26. The maximum Gasteiger partial charge on any atom is 0.240 e. The molecule has 0 aliphatic carbocycles. The Morgan fingerprint density at radius 2 is 2.13 bits per heavy atom. The average molecular weight is 443 g/mol. The SMILES string of the molecule is CCN(C(=O)C(C)Sc1nnc(-c2cccs2)n1CC1CCCO1)c1ccccc1. The van der Waals surface area contributed by atoms with Gasteiger partial charge >= 0.3 is 0 Å². The minimum absolute atomic E-state index is 0.0676. The van der Waals surface area contributed by atoms with E-state index in [0.29, 0.717) is 13.1 Å². The van der Waals surface area contributed by atoms with Crippen LogP contribution in [0.1, 0.15) is 26.7 Å². The van der Waals surface area contributed by atoms with E-state index in [1.54, 1.807) is 11.3 Å². The Morgan fingerprint density at radius 3 is 2.80 bits per heavy atom. The van der Waals surface area contributed by atoms with Gasteiger partial charge in [0.2, 0.25) is 5.91 Å². The second kappa shape index (κ2) is 9.76. The average Bonchev–Trinajstić information content (AvgIpc) is 3.53. The van der Waals surface area contributed by atoms with Crippen LogP contribution in [-0.2, 0) is 16.1 Å². The first-order chi connectivity index (χ1) is 14.7. The molecule has 1 saturated heterocycles. The minimum atomic E-state index is -0.284. The molecule has 0 spiro atoms. The molecule has 6 nitrogen and oxygen atoms in total. The van der Waals surface area contributed by atoms with Crippen LogP contribution in [0, 0.1) is 0 Å². The molecule has 3 aromatic rings. The Labute approximate surface area is 185 Å². The third-order valence-electron chi connectivity index (χ3n) is 5.15. The molecule has 1 aromatic carbocycles. The van der Waals surface area contributed by atoms with Gasteiger partial charge in [-0.25, -0.2) is 0 Å². The number of anilines is 1. The van der Waals surface area contributed by atoms with Gasteiger partial charge in [0.15, 0.2) is 11.0 Å². The van der Waals surface area contributed by atoms with Crippen molar-refractivity contribution in [1.82, 2.24) is 14.8 Å². The lowest BCUT2D eigenvalue weighted by atomic mass is 10.2. The Balaban J connectivity index is 1.56. The van der Waals surface area contributed by atoms with Crippen molar-refractivity contribution in [2.24, 2.45) is 0 Å².